The van der Waals surface area contributed by atoms with Crippen molar-refractivity contribution in [1.82, 2.24) is 10.2 Å². The van der Waals surface area contributed by atoms with Crippen LogP contribution in [0.2, 0.25) is 5.02 Å². The Morgan fingerprint density at radius 2 is 1.74 bits per heavy atom. The highest BCUT2D eigenvalue weighted by molar-refractivity contribution is 7.92. The SMILES string of the molecule is CCOc1ccc(N(CC(=O)N(Cc2cccc(Cl)c2)[C@H](C)C(=O)N[C@H](C)CC)S(C)(=O)=O)cc1. The van der Waals surface area contributed by atoms with E-state index in [1.54, 1.807) is 55.5 Å². The van der Waals surface area contributed by atoms with E-state index in [-0.39, 0.29) is 18.5 Å². The molecular formula is C25H34ClN3O5S. The lowest BCUT2D eigenvalue weighted by Crippen LogP contribution is -2.52. The maximum atomic E-state index is 13.5. The third-order valence-corrected chi connectivity index (χ3v) is 6.90. The molecule has 0 aromatic heterocycles. The van der Waals surface area contributed by atoms with Gasteiger partial charge in [-0.2, -0.15) is 0 Å². The highest BCUT2D eigenvalue weighted by atomic mass is 35.5. The van der Waals surface area contributed by atoms with Gasteiger partial charge in [-0.1, -0.05) is 30.7 Å². The smallest absolute Gasteiger partial charge is 0.244 e. The molecule has 0 heterocycles. The molecule has 0 aliphatic carbocycles. The fourth-order valence-corrected chi connectivity index (χ4v) is 4.43. The molecule has 0 saturated heterocycles. The first-order valence-electron chi connectivity index (χ1n) is 11.5. The van der Waals surface area contributed by atoms with Gasteiger partial charge in [-0.3, -0.25) is 13.9 Å². The van der Waals surface area contributed by atoms with Crippen LogP contribution in [-0.2, 0) is 26.2 Å². The number of nitrogens with zero attached hydrogens (tertiary/aromatic N) is 2. The first kappa shape index (κ1) is 28.5. The lowest BCUT2D eigenvalue weighted by Gasteiger charge is -2.32. The number of hydrogen-bond donors (Lipinski definition) is 1. The highest BCUT2D eigenvalue weighted by Gasteiger charge is 2.30. The van der Waals surface area contributed by atoms with Gasteiger partial charge in [-0.15, -0.1) is 0 Å². The Balaban J connectivity index is 2.36. The molecule has 2 amide bonds. The van der Waals surface area contributed by atoms with Gasteiger partial charge in [0.1, 0.15) is 18.3 Å². The molecule has 35 heavy (non-hydrogen) atoms. The summed E-state index contributed by atoms with van der Waals surface area (Å²) in [6.07, 6.45) is 1.78. The molecule has 0 radical (unpaired) electrons. The summed E-state index contributed by atoms with van der Waals surface area (Å²) >= 11 is 6.12. The van der Waals surface area contributed by atoms with Crippen LogP contribution in [0, 0.1) is 0 Å². The van der Waals surface area contributed by atoms with Gasteiger partial charge < -0.3 is 15.0 Å². The summed E-state index contributed by atoms with van der Waals surface area (Å²) in [5.41, 5.74) is 1.05. The average molecular weight is 524 g/mol. The Morgan fingerprint density at radius 1 is 1.09 bits per heavy atom. The highest BCUT2D eigenvalue weighted by Crippen LogP contribution is 2.23. The fraction of sp³-hybridized carbons (Fsp3) is 0.440. The van der Waals surface area contributed by atoms with E-state index in [1.165, 1.54) is 4.90 Å². The van der Waals surface area contributed by atoms with Gasteiger partial charge in [0.05, 0.1) is 18.6 Å². The molecule has 192 valence electrons. The van der Waals surface area contributed by atoms with Gasteiger partial charge in [0.25, 0.3) is 0 Å². The summed E-state index contributed by atoms with van der Waals surface area (Å²) in [6, 6.07) is 12.5. The standard InChI is InChI=1S/C25H34ClN3O5S/c1-6-18(3)27-25(31)19(4)28(16-20-9-8-10-21(26)15-20)24(30)17-29(35(5,32)33)22-11-13-23(14-12-22)34-7-2/h8-15,18-19H,6-7,16-17H2,1-5H3,(H,27,31)/t18-,19-/m1/s1. The minimum Gasteiger partial charge on any atom is -0.494 e. The molecule has 0 fully saturated rings. The molecular weight excluding hydrogens is 490 g/mol. The molecule has 0 aliphatic heterocycles. The summed E-state index contributed by atoms with van der Waals surface area (Å²) in [7, 11) is -3.80. The number of carbonyl (C=O) groups is 2. The van der Waals surface area contributed by atoms with Crippen molar-refractivity contribution >= 4 is 39.1 Å². The fourth-order valence-electron chi connectivity index (χ4n) is 3.37. The van der Waals surface area contributed by atoms with E-state index in [0.29, 0.717) is 23.1 Å². The second-order valence-corrected chi connectivity index (χ2v) is 10.7. The van der Waals surface area contributed by atoms with Crippen molar-refractivity contribution in [2.75, 3.05) is 23.7 Å². The van der Waals surface area contributed by atoms with Crippen molar-refractivity contribution in [2.45, 2.75) is 52.7 Å². The predicted octanol–water partition coefficient (Wildman–Crippen LogP) is 3.84. The van der Waals surface area contributed by atoms with Crippen molar-refractivity contribution in [2.24, 2.45) is 0 Å². The molecule has 0 unspecified atom stereocenters. The summed E-state index contributed by atoms with van der Waals surface area (Å²) in [4.78, 5) is 27.8. The molecule has 1 N–H and O–H groups in total. The molecule has 2 aromatic rings. The van der Waals surface area contributed by atoms with E-state index in [4.69, 9.17) is 16.3 Å². The zero-order chi connectivity index (χ0) is 26.2. The second kappa shape index (κ2) is 12.8. The van der Waals surface area contributed by atoms with E-state index in [1.807, 2.05) is 20.8 Å². The Labute approximate surface area is 213 Å². The number of sulfonamides is 1. The number of amides is 2. The van der Waals surface area contributed by atoms with Gasteiger partial charge >= 0.3 is 0 Å². The zero-order valence-corrected chi connectivity index (χ0v) is 22.4. The van der Waals surface area contributed by atoms with Crippen molar-refractivity contribution in [3.05, 3.63) is 59.1 Å². The van der Waals surface area contributed by atoms with Crippen LogP contribution in [-0.4, -0.2) is 56.6 Å². The van der Waals surface area contributed by atoms with E-state index in [0.717, 1.165) is 22.5 Å². The van der Waals surface area contributed by atoms with Crippen LogP contribution in [0.1, 0.15) is 39.7 Å². The first-order chi connectivity index (χ1) is 16.5. The van der Waals surface area contributed by atoms with Gasteiger partial charge in [-0.25, -0.2) is 8.42 Å². The number of halogens is 1. The quantitative estimate of drug-likeness (QED) is 0.456. The van der Waals surface area contributed by atoms with Crippen molar-refractivity contribution in [1.29, 1.82) is 0 Å². The predicted molar refractivity (Wildman–Crippen MR) is 139 cm³/mol. The molecule has 0 spiro atoms. The lowest BCUT2D eigenvalue weighted by atomic mass is 10.1. The molecule has 2 aromatic carbocycles. The maximum absolute atomic E-state index is 13.5. The molecule has 0 saturated carbocycles. The van der Waals surface area contributed by atoms with E-state index >= 15 is 0 Å². The third kappa shape index (κ3) is 8.43. The van der Waals surface area contributed by atoms with E-state index in [2.05, 4.69) is 5.32 Å². The Kier molecular flexibility index (Phi) is 10.4. The van der Waals surface area contributed by atoms with Crippen LogP contribution in [0.25, 0.3) is 0 Å². The van der Waals surface area contributed by atoms with Crippen LogP contribution in [0.3, 0.4) is 0 Å². The lowest BCUT2D eigenvalue weighted by molar-refractivity contribution is -0.139. The van der Waals surface area contributed by atoms with E-state index in [9.17, 15) is 18.0 Å². The molecule has 8 nitrogen and oxygen atoms in total. The van der Waals surface area contributed by atoms with Crippen molar-refractivity contribution in [3.8, 4) is 5.75 Å². The number of benzene rings is 2. The van der Waals surface area contributed by atoms with Crippen LogP contribution in [0.15, 0.2) is 48.5 Å². The van der Waals surface area contributed by atoms with Gasteiger partial charge in [0, 0.05) is 17.6 Å². The van der Waals surface area contributed by atoms with Gasteiger partial charge in [-0.05, 0) is 69.2 Å². The number of hydrogen-bond acceptors (Lipinski definition) is 5. The molecule has 2 atom stereocenters. The summed E-state index contributed by atoms with van der Waals surface area (Å²) in [6.45, 7) is 7.41. The summed E-state index contributed by atoms with van der Waals surface area (Å²) in [5.74, 6) is -0.244. The number of ether oxygens (including phenoxy) is 1. The van der Waals surface area contributed by atoms with Crippen LogP contribution < -0.4 is 14.4 Å². The average Bonchev–Trinajstić information content (AvgIpc) is 2.80. The van der Waals surface area contributed by atoms with Crippen LogP contribution in [0.5, 0.6) is 5.75 Å². The van der Waals surface area contributed by atoms with Crippen LogP contribution in [0.4, 0.5) is 5.69 Å². The van der Waals surface area contributed by atoms with Gasteiger partial charge in [0.2, 0.25) is 21.8 Å². The Morgan fingerprint density at radius 3 is 2.29 bits per heavy atom. The monoisotopic (exact) mass is 523 g/mol. The number of anilines is 1. The first-order valence-corrected chi connectivity index (χ1v) is 13.7. The number of rotatable bonds is 12. The summed E-state index contributed by atoms with van der Waals surface area (Å²) in [5, 5.41) is 3.39. The zero-order valence-electron chi connectivity index (χ0n) is 20.8. The minimum atomic E-state index is -3.80. The molecule has 10 heteroatoms. The van der Waals surface area contributed by atoms with Crippen molar-refractivity contribution < 1.29 is 22.7 Å². The topological polar surface area (TPSA) is 96.0 Å². The molecule has 0 bridgehead atoms. The van der Waals surface area contributed by atoms with Crippen molar-refractivity contribution in [3.63, 3.8) is 0 Å². The maximum Gasteiger partial charge on any atom is 0.244 e. The van der Waals surface area contributed by atoms with Crippen LogP contribution >= 0.6 is 11.6 Å². The molecule has 0 aliphatic rings. The normalized spacial score (nSPS) is 13.0. The van der Waals surface area contributed by atoms with E-state index < -0.39 is 28.5 Å². The third-order valence-electron chi connectivity index (χ3n) is 5.53. The second-order valence-electron chi connectivity index (χ2n) is 8.34. The summed E-state index contributed by atoms with van der Waals surface area (Å²) < 4.78 is 31.7. The Hall–Kier alpha value is -2.78. The molecule has 2 rings (SSSR count). The number of carbonyl (C=O) groups excluding carboxylic acids is 2. The largest absolute Gasteiger partial charge is 0.494 e. The Bertz CT molecular complexity index is 1110. The number of nitrogens with one attached hydrogen (secondary N) is 1. The van der Waals surface area contributed by atoms with Gasteiger partial charge in [0.15, 0.2) is 0 Å². The minimum absolute atomic E-state index is 0.0653.